The Morgan fingerprint density at radius 2 is 2.08 bits per heavy atom. The molecule has 2 aliphatic heterocycles. The Morgan fingerprint density at radius 1 is 1.33 bits per heavy atom. The van der Waals surface area contributed by atoms with Crippen LogP contribution in [0.3, 0.4) is 0 Å². The molecule has 1 aromatic heterocycles. The maximum Gasteiger partial charge on any atom is 0.242 e. The van der Waals surface area contributed by atoms with Crippen LogP contribution in [0.4, 0.5) is 5.82 Å². The van der Waals surface area contributed by atoms with Gasteiger partial charge < -0.3 is 14.7 Å². The lowest BCUT2D eigenvalue weighted by Gasteiger charge is -2.37. The third-order valence-electron chi connectivity index (χ3n) is 4.66. The summed E-state index contributed by atoms with van der Waals surface area (Å²) in [4.78, 5) is 29.7. The van der Waals surface area contributed by atoms with Gasteiger partial charge in [-0.05, 0) is 31.9 Å². The fourth-order valence-corrected chi connectivity index (χ4v) is 3.98. The zero-order valence-electron chi connectivity index (χ0n) is 14.1. The van der Waals surface area contributed by atoms with Gasteiger partial charge in [0.05, 0.1) is 17.3 Å². The van der Waals surface area contributed by atoms with E-state index < -0.39 is 0 Å². The first-order chi connectivity index (χ1) is 11.5. The Morgan fingerprint density at radius 3 is 2.67 bits per heavy atom. The lowest BCUT2D eigenvalue weighted by molar-refractivity contribution is -0.138. The second kappa shape index (κ2) is 7.38. The predicted octanol–water partition coefficient (Wildman–Crippen LogP) is 0.745. The molecule has 0 unspecified atom stereocenters. The Labute approximate surface area is 146 Å². The number of rotatable bonds is 4. The smallest absolute Gasteiger partial charge is 0.242 e. The second-order valence-corrected chi connectivity index (χ2v) is 7.28. The van der Waals surface area contributed by atoms with E-state index in [9.17, 15) is 9.59 Å². The van der Waals surface area contributed by atoms with Crippen molar-refractivity contribution in [2.24, 2.45) is 0 Å². The van der Waals surface area contributed by atoms with Crippen molar-refractivity contribution in [3.8, 4) is 0 Å². The quantitative estimate of drug-likeness (QED) is 0.799. The molecule has 7 nitrogen and oxygen atoms in total. The van der Waals surface area contributed by atoms with Crippen molar-refractivity contribution in [3.05, 3.63) is 17.8 Å². The summed E-state index contributed by atoms with van der Waals surface area (Å²) in [5.74, 6) is 2.13. The molecule has 24 heavy (non-hydrogen) atoms. The summed E-state index contributed by atoms with van der Waals surface area (Å²) in [6.07, 6.45) is 1.81. The number of piperidine rings is 1. The first kappa shape index (κ1) is 17.0. The third kappa shape index (κ3) is 3.80. The Kier molecular flexibility index (Phi) is 5.23. The molecule has 0 bridgehead atoms. The van der Waals surface area contributed by atoms with Gasteiger partial charge in [0.1, 0.15) is 6.54 Å². The van der Waals surface area contributed by atoms with Crippen LogP contribution in [-0.4, -0.2) is 76.2 Å². The Hall–Kier alpha value is -1.83. The standard InChI is InChI=1S/C16H23N5O2S/c1-12-3-4-14(18-17-12)19(2)13-5-7-20(8-6-13)15(22)9-21-11-24-10-16(21)23/h3-4,13H,5-11H2,1-2H3. The van der Waals surface area contributed by atoms with Crippen molar-refractivity contribution in [1.82, 2.24) is 20.0 Å². The average molecular weight is 349 g/mol. The maximum absolute atomic E-state index is 12.4. The van der Waals surface area contributed by atoms with Gasteiger partial charge in [0, 0.05) is 26.2 Å². The molecule has 1 aromatic rings. The van der Waals surface area contributed by atoms with E-state index in [2.05, 4.69) is 15.1 Å². The molecule has 0 aromatic carbocycles. The van der Waals surface area contributed by atoms with Crippen molar-refractivity contribution in [3.63, 3.8) is 0 Å². The van der Waals surface area contributed by atoms with E-state index in [4.69, 9.17) is 0 Å². The van der Waals surface area contributed by atoms with Crippen LogP contribution in [0.15, 0.2) is 12.1 Å². The predicted molar refractivity (Wildman–Crippen MR) is 93.8 cm³/mol. The van der Waals surface area contributed by atoms with Gasteiger partial charge in [0.15, 0.2) is 5.82 Å². The molecular formula is C16H23N5O2S. The summed E-state index contributed by atoms with van der Waals surface area (Å²) in [5.41, 5.74) is 0.905. The first-order valence-electron chi connectivity index (χ1n) is 8.21. The molecule has 0 N–H and O–H groups in total. The number of aromatic nitrogens is 2. The summed E-state index contributed by atoms with van der Waals surface area (Å²) in [6, 6.07) is 4.30. The number of likely N-dealkylation sites (tertiary alicyclic amines) is 1. The topological polar surface area (TPSA) is 69.6 Å². The monoisotopic (exact) mass is 349 g/mol. The van der Waals surface area contributed by atoms with Crippen LogP contribution < -0.4 is 4.90 Å². The SMILES string of the molecule is Cc1ccc(N(C)C2CCN(C(=O)CN3CSCC3=O)CC2)nn1. The number of carbonyl (C=O) groups is 2. The normalized spacial score (nSPS) is 19.0. The number of hydrogen-bond acceptors (Lipinski definition) is 6. The van der Waals surface area contributed by atoms with E-state index in [1.165, 1.54) is 0 Å². The van der Waals surface area contributed by atoms with Gasteiger partial charge >= 0.3 is 0 Å². The zero-order chi connectivity index (χ0) is 17.1. The largest absolute Gasteiger partial charge is 0.355 e. The number of hydrogen-bond donors (Lipinski definition) is 0. The first-order valence-corrected chi connectivity index (χ1v) is 9.36. The molecule has 3 rings (SSSR count). The molecule has 3 heterocycles. The fourth-order valence-electron chi connectivity index (χ4n) is 3.07. The number of amides is 2. The minimum Gasteiger partial charge on any atom is -0.355 e. The van der Waals surface area contributed by atoms with Gasteiger partial charge in [0.2, 0.25) is 11.8 Å². The van der Waals surface area contributed by atoms with E-state index in [1.807, 2.05) is 31.0 Å². The summed E-state index contributed by atoms with van der Waals surface area (Å²) in [7, 11) is 2.03. The highest BCUT2D eigenvalue weighted by atomic mass is 32.2. The van der Waals surface area contributed by atoms with Gasteiger partial charge in [-0.3, -0.25) is 9.59 Å². The van der Waals surface area contributed by atoms with Crippen LogP contribution in [0.5, 0.6) is 0 Å². The van der Waals surface area contributed by atoms with Crippen LogP contribution in [-0.2, 0) is 9.59 Å². The zero-order valence-corrected chi connectivity index (χ0v) is 15.0. The van der Waals surface area contributed by atoms with E-state index in [-0.39, 0.29) is 18.4 Å². The molecule has 2 amide bonds. The molecule has 2 saturated heterocycles. The van der Waals surface area contributed by atoms with Crippen molar-refractivity contribution < 1.29 is 9.59 Å². The highest BCUT2D eigenvalue weighted by Crippen LogP contribution is 2.21. The van der Waals surface area contributed by atoms with E-state index in [1.54, 1.807) is 16.7 Å². The Bertz CT molecular complexity index is 601. The molecule has 0 spiro atoms. The van der Waals surface area contributed by atoms with Gasteiger partial charge in [0.25, 0.3) is 0 Å². The number of thioether (sulfide) groups is 1. The molecule has 0 atom stereocenters. The molecule has 0 aliphatic carbocycles. The van der Waals surface area contributed by atoms with Crippen LogP contribution in [0.25, 0.3) is 0 Å². The Balaban J connectivity index is 1.50. The lowest BCUT2D eigenvalue weighted by atomic mass is 10.0. The van der Waals surface area contributed by atoms with Crippen LogP contribution in [0.1, 0.15) is 18.5 Å². The second-order valence-electron chi connectivity index (χ2n) is 6.33. The molecule has 0 radical (unpaired) electrons. The molecule has 130 valence electrons. The van der Waals surface area contributed by atoms with Crippen LogP contribution >= 0.6 is 11.8 Å². The third-order valence-corrected chi connectivity index (χ3v) is 5.61. The molecular weight excluding hydrogens is 326 g/mol. The maximum atomic E-state index is 12.4. The summed E-state index contributed by atoms with van der Waals surface area (Å²) in [6.45, 7) is 3.59. The number of aryl methyl sites for hydroxylation is 1. The van der Waals surface area contributed by atoms with Crippen molar-refractivity contribution in [2.75, 3.05) is 43.2 Å². The minimum absolute atomic E-state index is 0.0575. The van der Waals surface area contributed by atoms with Gasteiger partial charge in [-0.25, -0.2) is 0 Å². The summed E-state index contributed by atoms with van der Waals surface area (Å²) < 4.78 is 0. The highest BCUT2D eigenvalue weighted by Gasteiger charge is 2.29. The van der Waals surface area contributed by atoms with Crippen LogP contribution in [0.2, 0.25) is 0 Å². The summed E-state index contributed by atoms with van der Waals surface area (Å²) >= 11 is 1.57. The van der Waals surface area contributed by atoms with Gasteiger partial charge in [-0.2, -0.15) is 5.10 Å². The number of carbonyl (C=O) groups excluding carboxylic acids is 2. The lowest BCUT2D eigenvalue weighted by Crippen LogP contribution is -2.48. The van der Waals surface area contributed by atoms with Gasteiger partial charge in [-0.15, -0.1) is 16.9 Å². The molecule has 2 aliphatic rings. The van der Waals surface area contributed by atoms with Crippen molar-refractivity contribution in [2.45, 2.75) is 25.8 Å². The molecule has 2 fully saturated rings. The number of nitrogens with zero attached hydrogens (tertiary/aromatic N) is 5. The van der Waals surface area contributed by atoms with Crippen molar-refractivity contribution >= 4 is 29.4 Å². The average Bonchev–Trinajstić information content (AvgIpc) is 3.00. The summed E-state index contributed by atoms with van der Waals surface area (Å²) in [5, 5.41) is 8.34. The van der Waals surface area contributed by atoms with Crippen molar-refractivity contribution in [1.29, 1.82) is 0 Å². The fraction of sp³-hybridized carbons (Fsp3) is 0.625. The van der Waals surface area contributed by atoms with E-state index in [0.29, 0.717) is 17.7 Å². The van der Waals surface area contributed by atoms with Crippen LogP contribution in [0, 0.1) is 6.92 Å². The number of anilines is 1. The van der Waals surface area contributed by atoms with E-state index in [0.717, 1.165) is 37.4 Å². The van der Waals surface area contributed by atoms with E-state index >= 15 is 0 Å². The highest BCUT2D eigenvalue weighted by molar-refractivity contribution is 8.00. The molecule has 0 saturated carbocycles. The van der Waals surface area contributed by atoms with Gasteiger partial charge in [-0.1, -0.05) is 0 Å². The molecule has 8 heteroatoms. The minimum atomic E-state index is 0.0575.